The second-order valence-corrected chi connectivity index (χ2v) is 14.7. The van der Waals surface area contributed by atoms with Crippen LogP contribution in [0.4, 0.5) is 29.3 Å². The fraction of sp³-hybridized carbons (Fsp3) is 0.595. The first-order valence-electron chi connectivity index (χ1n) is 18.2. The van der Waals surface area contributed by atoms with E-state index >= 15 is 0 Å². The minimum atomic E-state index is -4.72. The molecule has 0 aromatic heterocycles. The number of alkyl halides is 3. The first-order valence-corrected chi connectivity index (χ1v) is 18.6. The molecule has 4 aliphatic rings. The van der Waals surface area contributed by atoms with Crippen LogP contribution in [0.25, 0.3) is 0 Å². The van der Waals surface area contributed by atoms with Crippen molar-refractivity contribution in [2.75, 3.05) is 76.5 Å². The number of nitrogen functional groups attached to an aromatic ring is 1. The van der Waals surface area contributed by atoms with Crippen LogP contribution in [-0.2, 0) is 28.6 Å². The highest BCUT2D eigenvalue weighted by Gasteiger charge is 2.38. The van der Waals surface area contributed by atoms with Gasteiger partial charge in [-0.25, -0.2) is 4.79 Å². The Balaban J connectivity index is 1.11. The fourth-order valence-corrected chi connectivity index (χ4v) is 8.46. The Morgan fingerprint density at radius 1 is 0.922 bits per heavy atom. The Hall–Kier alpha value is -3.55. The summed E-state index contributed by atoms with van der Waals surface area (Å²) in [7, 11) is 0. The number of likely N-dealkylation sites (tertiary alicyclic amines) is 2. The number of para-hydroxylation sites is 1. The summed E-state index contributed by atoms with van der Waals surface area (Å²) in [5, 5.41) is 2.78. The molecular weight excluding hydrogens is 683 g/mol. The molecule has 4 heterocycles. The third kappa shape index (κ3) is 8.74. The number of rotatable bonds is 8. The summed E-state index contributed by atoms with van der Waals surface area (Å²) in [5.74, 6) is -1.31. The number of halogens is 4. The minimum absolute atomic E-state index is 0.0373. The van der Waals surface area contributed by atoms with E-state index in [1.807, 2.05) is 29.2 Å². The number of hydrogen-bond acceptors (Lipinski definition) is 6. The van der Waals surface area contributed by atoms with Crippen LogP contribution < -0.4 is 11.1 Å². The van der Waals surface area contributed by atoms with Gasteiger partial charge in [-0.1, -0.05) is 36.7 Å². The molecule has 3 N–H and O–H groups in total. The number of carbonyl (C=O) groups is 3. The highest BCUT2D eigenvalue weighted by atomic mass is 35.5. The maximum atomic E-state index is 14.1. The first-order chi connectivity index (χ1) is 24.4. The molecule has 2 aromatic rings. The molecule has 0 spiro atoms. The largest absolute Gasteiger partial charge is 0.418 e. The van der Waals surface area contributed by atoms with Crippen molar-refractivity contribution < 1.29 is 27.6 Å². The molecule has 4 aliphatic heterocycles. The summed E-state index contributed by atoms with van der Waals surface area (Å²) in [5.41, 5.74) is 6.20. The Morgan fingerprint density at radius 3 is 2.24 bits per heavy atom. The number of nitrogens with one attached hydrogen (secondary N) is 1. The monoisotopic (exact) mass is 731 g/mol. The lowest BCUT2D eigenvalue weighted by Crippen LogP contribution is -2.54. The van der Waals surface area contributed by atoms with E-state index in [4.69, 9.17) is 17.3 Å². The number of amides is 4. The van der Waals surface area contributed by atoms with E-state index in [1.54, 1.807) is 9.80 Å². The van der Waals surface area contributed by atoms with Crippen LogP contribution >= 0.6 is 11.6 Å². The third-order valence-corrected chi connectivity index (χ3v) is 11.6. The van der Waals surface area contributed by atoms with E-state index in [9.17, 15) is 27.6 Å². The van der Waals surface area contributed by atoms with Crippen molar-refractivity contribution in [1.82, 2.24) is 24.5 Å². The number of piperidine rings is 2. The van der Waals surface area contributed by atoms with Gasteiger partial charge in [0.25, 0.3) is 0 Å². The summed E-state index contributed by atoms with van der Waals surface area (Å²) >= 11 is 6.16. The van der Waals surface area contributed by atoms with Crippen molar-refractivity contribution in [2.45, 2.75) is 70.1 Å². The molecule has 3 saturated heterocycles. The van der Waals surface area contributed by atoms with Gasteiger partial charge in [-0.3, -0.25) is 14.5 Å². The number of fused-ring (bicyclic) bond motifs is 1. The summed E-state index contributed by atoms with van der Waals surface area (Å²) in [6.45, 7) is 9.74. The number of nitrogens with zero attached hydrogens (tertiary/aromatic N) is 5. The quantitative estimate of drug-likeness (QED) is 0.362. The SMILES string of the molecule is CCN1CCN(C2CCN(C(=O)[C@H](CC(=O)N3CCC(N4CCc5ccccc5NC4=O)CC3)Cc3cc(Cl)c(N)c(C(F)(F)F)c3)CC2)CC1. The predicted molar refractivity (Wildman–Crippen MR) is 191 cm³/mol. The average Bonchev–Trinajstić information content (AvgIpc) is 3.30. The minimum Gasteiger partial charge on any atom is -0.397 e. The number of piperazine rings is 1. The number of anilines is 2. The highest BCUT2D eigenvalue weighted by Crippen LogP contribution is 2.38. The summed E-state index contributed by atoms with van der Waals surface area (Å²) < 4.78 is 41.6. The molecule has 0 radical (unpaired) electrons. The lowest BCUT2D eigenvalue weighted by Gasteiger charge is -2.43. The van der Waals surface area contributed by atoms with Gasteiger partial charge in [-0.15, -0.1) is 0 Å². The molecular formula is C37H49ClF3N7O3. The second kappa shape index (κ2) is 16.0. The summed E-state index contributed by atoms with van der Waals surface area (Å²) in [4.78, 5) is 51.4. The topological polar surface area (TPSA) is 105 Å². The smallest absolute Gasteiger partial charge is 0.397 e. The Kier molecular flexibility index (Phi) is 11.7. The van der Waals surface area contributed by atoms with Crippen LogP contribution in [0.2, 0.25) is 5.02 Å². The number of hydrogen-bond donors (Lipinski definition) is 2. The molecule has 14 heteroatoms. The van der Waals surface area contributed by atoms with E-state index < -0.39 is 23.3 Å². The van der Waals surface area contributed by atoms with E-state index in [1.165, 1.54) is 6.07 Å². The van der Waals surface area contributed by atoms with Crippen LogP contribution in [0.15, 0.2) is 36.4 Å². The number of carbonyl (C=O) groups excluding carboxylic acids is 3. The van der Waals surface area contributed by atoms with E-state index in [0.717, 1.165) is 69.3 Å². The Labute approximate surface area is 303 Å². The van der Waals surface area contributed by atoms with Crippen molar-refractivity contribution in [3.8, 4) is 0 Å². The van der Waals surface area contributed by atoms with Crippen LogP contribution in [-0.4, -0.2) is 120 Å². The van der Waals surface area contributed by atoms with Gasteiger partial charge in [0.2, 0.25) is 11.8 Å². The molecule has 10 nitrogen and oxygen atoms in total. The van der Waals surface area contributed by atoms with Crippen LogP contribution in [0, 0.1) is 5.92 Å². The zero-order valence-electron chi connectivity index (χ0n) is 29.3. The van der Waals surface area contributed by atoms with Crippen molar-refractivity contribution in [1.29, 1.82) is 0 Å². The first kappa shape index (κ1) is 37.2. The van der Waals surface area contributed by atoms with Crippen molar-refractivity contribution in [2.24, 2.45) is 5.92 Å². The van der Waals surface area contributed by atoms with Crippen molar-refractivity contribution in [3.63, 3.8) is 0 Å². The zero-order valence-corrected chi connectivity index (χ0v) is 30.0. The normalized spacial score (nSPS) is 20.9. The summed E-state index contributed by atoms with van der Waals surface area (Å²) in [6, 6.07) is 10.3. The molecule has 0 unspecified atom stereocenters. The van der Waals surface area contributed by atoms with Gasteiger partial charge in [0, 0.05) is 83.1 Å². The molecule has 2 aromatic carbocycles. The molecule has 51 heavy (non-hydrogen) atoms. The molecule has 1 atom stereocenters. The van der Waals surface area contributed by atoms with Gasteiger partial charge >= 0.3 is 12.2 Å². The van der Waals surface area contributed by atoms with Gasteiger partial charge in [0.1, 0.15) is 0 Å². The maximum absolute atomic E-state index is 14.1. The van der Waals surface area contributed by atoms with Crippen molar-refractivity contribution >= 4 is 40.8 Å². The average molecular weight is 732 g/mol. The molecule has 4 amide bonds. The van der Waals surface area contributed by atoms with E-state index in [-0.39, 0.29) is 47.3 Å². The maximum Gasteiger partial charge on any atom is 0.418 e. The lowest BCUT2D eigenvalue weighted by molar-refractivity contribution is -0.143. The van der Waals surface area contributed by atoms with Crippen molar-refractivity contribution in [3.05, 3.63) is 58.1 Å². The number of benzene rings is 2. The van der Waals surface area contributed by atoms with Crippen LogP contribution in [0.3, 0.4) is 0 Å². The second-order valence-electron chi connectivity index (χ2n) is 14.3. The van der Waals surface area contributed by atoms with E-state index in [2.05, 4.69) is 22.0 Å². The van der Waals surface area contributed by atoms with Gasteiger partial charge in [-0.05, 0) is 74.4 Å². The number of likely N-dealkylation sites (N-methyl/N-ethyl adjacent to an activating group) is 1. The molecule has 278 valence electrons. The molecule has 3 fully saturated rings. The lowest BCUT2D eigenvalue weighted by atomic mass is 9.91. The Bertz CT molecular complexity index is 1570. The number of nitrogens with two attached hydrogens (primary N) is 1. The highest BCUT2D eigenvalue weighted by molar-refractivity contribution is 6.33. The Morgan fingerprint density at radius 2 is 1.57 bits per heavy atom. The van der Waals surface area contributed by atoms with E-state index in [0.29, 0.717) is 51.6 Å². The van der Waals surface area contributed by atoms with Crippen LogP contribution in [0.5, 0.6) is 0 Å². The molecule has 6 rings (SSSR count). The molecule has 0 bridgehead atoms. The van der Waals surface area contributed by atoms with Crippen LogP contribution in [0.1, 0.15) is 55.7 Å². The summed E-state index contributed by atoms with van der Waals surface area (Å²) in [6.07, 6.45) is -1.38. The van der Waals surface area contributed by atoms with Gasteiger partial charge in [0.05, 0.1) is 22.2 Å². The molecule has 0 aliphatic carbocycles. The van der Waals surface area contributed by atoms with Gasteiger partial charge in [0.15, 0.2) is 0 Å². The predicted octanol–water partition coefficient (Wildman–Crippen LogP) is 5.20. The number of urea groups is 1. The zero-order chi connectivity index (χ0) is 36.3. The van der Waals surface area contributed by atoms with Gasteiger partial charge in [-0.2, -0.15) is 13.2 Å². The fourth-order valence-electron chi connectivity index (χ4n) is 8.22. The van der Waals surface area contributed by atoms with Gasteiger partial charge < -0.3 is 30.7 Å². The third-order valence-electron chi connectivity index (χ3n) is 11.3. The standard InChI is InChI=1S/C37H49ClF3N7O3/c1-2-44-17-19-45(20-18-44)28-8-14-47(15-9-28)35(50)27(21-25-22-30(37(39,40)41)34(42)31(38)23-25)24-33(49)46-12-10-29(11-13-46)48-16-7-26-5-3-4-6-32(26)43-36(48)51/h3-6,22-23,27-29H,2,7-21,24,42H2,1H3,(H,43,51)/t27-/m0/s1. The molecule has 0 saturated carbocycles.